The first-order chi connectivity index (χ1) is 12.0. The first-order valence-corrected chi connectivity index (χ1v) is 9.40. The third kappa shape index (κ3) is 4.50. The predicted octanol–water partition coefficient (Wildman–Crippen LogP) is 2.93. The summed E-state index contributed by atoms with van der Waals surface area (Å²) < 4.78 is 7.32. The first-order valence-electron chi connectivity index (χ1n) is 8.15. The van der Waals surface area contributed by atoms with E-state index in [9.17, 15) is 4.79 Å². The fourth-order valence-corrected chi connectivity index (χ4v) is 3.54. The summed E-state index contributed by atoms with van der Waals surface area (Å²) in [6, 6.07) is 5.44. The molecule has 2 aromatic rings. The minimum absolute atomic E-state index is 0.123. The molecule has 1 saturated heterocycles. The Hall–Kier alpha value is -1.64. The summed E-state index contributed by atoms with van der Waals surface area (Å²) in [4.78, 5) is 12.5. The number of hydrogen-bond acceptors (Lipinski definition) is 6. The van der Waals surface area contributed by atoms with Crippen LogP contribution < -0.4 is 5.32 Å². The fraction of sp³-hybridized carbons (Fsp3) is 0.500. The molecule has 1 aliphatic heterocycles. The van der Waals surface area contributed by atoms with Crippen LogP contribution >= 0.6 is 23.4 Å². The number of tetrazole rings is 1. The molecule has 1 aliphatic rings. The van der Waals surface area contributed by atoms with Crippen molar-refractivity contribution in [1.29, 1.82) is 0 Å². The summed E-state index contributed by atoms with van der Waals surface area (Å²) >= 11 is 7.42. The molecule has 2 heterocycles. The highest BCUT2D eigenvalue weighted by Crippen LogP contribution is 2.26. The van der Waals surface area contributed by atoms with Gasteiger partial charge < -0.3 is 10.1 Å². The van der Waals surface area contributed by atoms with Gasteiger partial charge in [0.05, 0.1) is 17.9 Å². The van der Waals surface area contributed by atoms with E-state index < -0.39 is 0 Å². The molecule has 1 fully saturated rings. The van der Waals surface area contributed by atoms with Gasteiger partial charge in [-0.2, -0.15) is 0 Å². The number of nitrogens with one attached hydrogen (secondary N) is 1. The molecule has 0 saturated carbocycles. The molecule has 7 nitrogen and oxygen atoms in total. The van der Waals surface area contributed by atoms with E-state index in [1.807, 2.05) is 26.0 Å². The molecule has 0 spiro atoms. The van der Waals surface area contributed by atoms with Crippen LogP contribution in [0.1, 0.15) is 25.3 Å². The number of halogens is 1. The predicted molar refractivity (Wildman–Crippen MR) is 96.9 cm³/mol. The summed E-state index contributed by atoms with van der Waals surface area (Å²) in [5.74, 6) is -0.123. The lowest BCUT2D eigenvalue weighted by molar-refractivity contribution is -0.115. The van der Waals surface area contributed by atoms with E-state index in [-0.39, 0.29) is 17.3 Å². The van der Waals surface area contributed by atoms with Gasteiger partial charge in [0, 0.05) is 17.3 Å². The van der Waals surface area contributed by atoms with Gasteiger partial charge in [-0.25, -0.2) is 4.68 Å². The second-order valence-electron chi connectivity index (χ2n) is 5.94. The van der Waals surface area contributed by atoms with Crippen LogP contribution in [0, 0.1) is 6.92 Å². The van der Waals surface area contributed by atoms with Gasteiger partial charge in [0.25, 0.3) is 0 Å². The van der Waals surface area contributed by atoms with Crippen LogP contribution in [0.5, 0.6) is 0 Å². The van der Waals surface area contributed by atoms with Crippen molar-refractivity contribution in [3.63, 3.8) is 0 Å². The van der Waals surface area contributed by atoms with E-state index in [2.05, 4.69) is 20.8 Å². The number of hydrogen-bond donors (Lipinski definition) is 1. The van der Waals surface area contributed by atoms with E-state index in [1.54, 1.807) is 10.7 Å². The number of amides is 1. The molecule has 0 radical (unpaired) electrons. The Morgan fingerprint density at radius 3 is 3.16 bits per heavy atom. The van der Waals surface area contributed by atoms with Crippen molar-refractivity contribution in [2.24, 2.45) is 0 Å². The monoisotopic (exact) mass is 381 g/mol. The van der Waals surface area contributed by atoms with E-state index >= 15 is 0 Å². The smallest absolute Gasteiger partial charge is 0.237 e. The Morgan fingerprint density at radius 1 is 1.56 bits per heavy atom. The van der Waals surface area contributed by atoms with Crippen LogP contribution in [-0.2, 0) is 16.1 Å². The van der Waals surface area contributed by atoms with Crippen LogP contribution in [0.25, 0.3) is 0 Å². The molecule has 25 heavy (non-hydrogen) atoms. The second kappa shape index (κ2) is 8.16. The average Bonchev–Trinajstić information content (AvgIpc) is 3.25. The molecule has 1 aromatic carbocycles. The van der Waals surface area contributed by atoms with Crippen molar-refractivity contribution in [2.75, 3.05) is 11.9 Å². The average molecular weight is 382 g/mol. The van der Waals surface area contributed by atoms with Crippen molar-refractivity contribution >= 4 is 35.0 Å². The van der Waals surface area contributed by atoms with Crippen LogP contribution in [0.2, 0.25) is 5.02 Å². The van der Waals surface area contributed by atoms with Gasteiger partial charge in [0.1, 0.15) is 0 Å². The molecular formula is C16H20ClN5O2S. The zero-order valence-corrected chi connectivity index (χ0v) is 15.7. The zero-order valence-electron chi connectivity index (χ0n) is 14.1. The van der Waals surface area contributed by atoms with Crippen molar-refractivity contribution in [3.8, 4) is 0 Å². The molecule has 3 rings (SSSR count). The second-order valence-corrected chi connectivity index (χ2v) is 7.66. The van der Waals surface area contributed by atoms with Crippen LogP contribution in [0.3, 0.4) is 0 Å². The van der Waals surface area contributed by atoms with Gasteiger partial charge in [-0.05, 0) is 54.8 Å². The van der Waals surface area contributed by atoms with Crippen molar-refractivity contribution in [3.05, 3.63) is 28.8 Å². The number of thioether (sulfide) groups is 1. The molecule has 0 bridgehead atoms. The first kappa shape index (κ1) is 18.2. The zero-order chi connectivity index (χ0) is 17.8. The van der Waals surface area contributed by atoms with Crippen LogP contribution in [0.15, 0.2) is 23.4 Å². The number of carbonyl (C=O) groups excluding carboxylic acids is 1. The largest absolute Gasteiger partial charge is 0.376 e. The molecule has 1 amide bonds. The van der Waals surface area contributed by atoms with Gasteiger partial charge in [-0.15, -0.1) is 5.10 Å². The summed E-state index contributed by atoms with van der Waals surface area (Å²) in [6.07, 6.45) is 2.21. The Balaban J connectivity index is 1.62. The van der Waals surface area contributed by atoms with Gasteiger partial charge >= 0.3 is 0 Å². The Labute approximate surface area is 155 Å². The maximum atomic E-state index is 12.5. The number of ether oxygens (including phenoxy) is 1. The summed E-state index contributed by atoms with van der Waals surface area (Å²) in [7, 11) is 0. The van der Waals surface area contributed by atoms with Crippen LogP contribution in [0.4, 0.5) is 5.69 Å². The van der Waals surface area contributed by atoms with Gasteiger partial charge in [0.15, 0.2) is 0 Å². The quantitative estimate of drug-likeness (QED) is 0.775. The molecule has 134 valence electrons. The van der Waals surface area contributed by atoms with Gasteiger partial charge in [-0.3, -0.25) is 4.79 Å². The Morgan fingerprint density at radius 2 is 2.40 bits per heavy atom. The highest BCUT2D eigenvalue weighted by atomic mass is 35.5. The van der Waals surface area contributed by atoms with Gasteiger partial charge in [0.2, 0.25) is 11.1 Å². The Kier molecular flexibility index (Phi) is 5.93. The Bertz CT molecular complexity index is 748. The lowest BCUT2D eigenvalue weighted by atomic mass is 10.2. The minimum Gasteiger partial charge on any atom is -0.376 e. The highest BCUT2D eigenvalue weighted by Gasteiger charge is 2.22. The molecule has 2 atom stereocenters. The molecule has 0 aliphatic carbocycles. The molecule has 2 unspecified atom stereocenters. The van der Waals surface area contributed by atoms with E-state index in [0.717, 1.165) is 25.0 Å². The maximum Gasteiger partial charge on any atom is 0.237 e. The standard InChI is InChI=1S/C16H20ClN5O2S/c1-10-13(17)6-3-7-14(10)18-15(23)11(2)25-16-19-20-21-22(16)9-12-5-4-8-24-12/h3,6-7,11-12H,4-5,8-9H2,1-2H3,(H,18,23). The maximum absolute atomic E-state index is 12.5. The van der Waals surface area contributed by atoms with Crippen molar-refractivity contribution in [2.45, 2.75) is 49.7 Å². The highest BCUT2D eigenvalue weighted by molar-refractivity contribution is 8.00. The molecule has 1 aromatic heterocycles. The van der Waals surface area contributed by atoms with Crippen molar-refractivity contribution in [1.82, 2.24) is 20.2 Å². The number of nitrogens with zero attached hydrogens (tertiary/aromatic N) is 4. The SMILES string of the molecule is Cc1c(Cl)cccc1NC(=O)C(C)Sc1nnnn1CC1CCCO1. The molecular weight excluding hydrogens is 362 g/mol. The number of carbonyl (C=O) groups is 1. The lowest BCUT2D eigenvalue weighted by Gasteiger charge is -2.14. The fourth-order valence-electron chi connectivity index (χ4n) is 2.57. The number of aromatic nitrogens is 4. The van der Waals surface area contributed by atoms with E-state index in [4.69, 9.17) is 16.3 Å². The number of rotatable bonds is 6. The molecule has 9 heteroatoms. The number of anilines is 1. The van der Waals surface area contributed by atoms with Crippen LogP contribution in [-0.4, -0.2) is 44.1 Å². The lowest BCUT2D eigenvalue weighted by Crippen LogP contribution is -2.24. The summed E-state index contributed by atoms with van der Waals surface area (Å²) in [6.45, 7) is 5.09. The molecule has 1 N–H and O–H groups in total. The number of benzene rings is 1. The third-order valence-electron chi connectivity index (χ3n) is 4.08. The van der Waals surface area contributed by atoms with Gasteiger partial charge in [-0.1, -0.05) is 29.4 Å². The normalized spacial score (nSPS) is 18.3. The topological polar surface area (TPSA) is 81.9 Å². The van der Waals surface area contributed by atoms with E-state index in [0.29, 0.717) is 22.4 Å². The summed E-state index contributed by atoms with van der Waals surface area (Å²) in [5, 5.41) is 15.5. The summed E-state index contributed by atoms with van der Waals surface area (Å²) in [5.41, 5.74) is 1.56. The third-order valence-corrected chi connectivity index (χ3v) is 5.56. The van der Waals surface area contributed by atoms with Crippen molar-refractivity contribution < 1.29 is 9.53 Å². The minimum atomic E-state index is -0.354. The van der Waals surface area contributed by atoms with E-state index in [1.165, 1.54) is 11.8 Å².